The molecule has 0 fully saturated rings. The van der Waals surface area contributed by atoms with Gasteiger partial charge in [-0.1, -0.05) is 0 Å². The molecule has 56 valence electrons. The summed E-state index contributed by atoms with van der Waals surface area (Å²) >= 11 is 4.18. The van der Waals surface area contributed by atoms with Crippen LogP contribution < -0.4 is 0 Å². The molecule has 1 rings (SSSR count). The summed E-state index contributed by atoms with van der Waals surface area (Å²) in [6.07, 6.45) is 0. The molecular formula is C8H13NS. The summed E-state index contributed by atoms with van der Waals surface area (Å²) in [6, 6.07) is 4.28. The van der Waals surface area contributed by atoms with E-state index in [1.807, 2.05) is 0 Å². The van der Waals surface area contributed by atoms with Gasteiger partial charge in [-0.05, 0) is 26.0 Å². The smallest absolute Gasteiger partial charge is 0.0313 e. The van der Waals surface area contributed by atoms with Crippen LogP contribution in [0, 0.1) is 13.8 Å². The van der Waals surface area contributed by atoms with Gasteiger partial charge in [0.2, 0.25) is 0 Å². The third-order valence-electron chi connectivity index (χ3n) is 1.74. The van der Waals surface area contributed by atoms with Crippen LogP contribution >= 0.6 is 12.6 Å². The average molecular weight is 155 g/mol. The summed E-state index contributed by atoms with van der Waals surface area (Å²) in [5.74, 6) is 0.913. The number of hydrogen-bond donors (Lipinski definition) is 1. The van der Waals surface area contributed by atoms with Crippen LogP contribution in [0.2, 0.25) is 0 Å². The van der Waals surface area contributed by atoms with Crippen molar-refractivity contribution in [2.24, 2.45) is 0 Å². The van der Waals surface area contributed by atoms with E-state index in [9.17, 15) is 0 Å². The molecule has 0 aliphatic rings. The first-order valence-corrected chi connectivity index (χ1v) is 4.12. The van der Waals surface area contributed by atoms with Gasteiger partial charge < -0.3 is 4.57 Å². The van der Waals surface area contributed by atoms with E-state index in [4.69, 9.17) is 0 Å². The number of aryl methyl sites for hydroxylation is 2. The highest BCUT2D eigenvalue weighted by Crippen LogP contribution is 2.06. The zero-order valence-corrected chi connectivity index (χ0v) is 7.36. The minimum atomic E-state index is 0.913. The van der Waals surface area contributed by atoms with E-state index in [0.29, 0.717) is 0 Å². The van der Waals surface area contributed by atoms with Gasteiger partial charge in [-0.15, -0.1) is 0 Å². The Hall–Kier alpha value is -0.370. The molecule has 0 bridgehead atoms. The predicted molar refractivity (Wildman–Crippen MR) is 47.8 cm³/mol. The Balaban J connectivity index is 2.87. The topological polar surface area (TPSA) is 4.93 Å². The van der Waals surface area contributed by atoms with E-state index in [1.165, 1.54) is 11.4 Å². The number of hydrogen-bond acceptors (Lipinski definition) is 1. The van der Waals surface area contributed by atoms with E-state index in [-0.39, 0.29) is 0 Å². The second-order valence-corrected chi connectivity index (χ2v) is 2.94. The third kappa shape index (κ3) is 1.37. The highest BCUT2D eigenvalue weighted by atomic mass is 32.1. The molecule has 0 aliphatic carbocycles. The summed E-state index contributed by atoms with van der Waals surface area (Å²) in [4.78, 5) is 0. The van der Waals surface area contributed by atoms with E-state index in [2.05, 4.69) is 43.2 Å². The zero-order chi connectivity index (χ0) is 7.56. The molecule has 0 unspecified atom stereocenters. The van der Waals surface area contributed by atoms with Crippen molar-refractivity contribution in [1.29, 1.82) is 0 Å². The lowest BCUT2D eigenvalue weighted by molar-refractivity contribution is 0.728. The van der Waals surface area contributed by atoms with Gasteiger partial charge in [-0.3, -0.25) is 0 Å². The van der Waals surface area contributed by atoms with Crippen LogP contribution in [0.15, 0.2) is 12.1 Å². The summed E-state index contributed by atoms with van der Waals surface area (Å²) in [5, 5.41) is 0. The minimum absolute atomic E-state index is 0.913. The first-order chi connectivity index (χ1) is 4.75. The predicted octanol–water partition coefficient (Wildman–Crippen LogP) is 2.03. The third-order valence-corrected chi connectivity index (χ3v) is 1.94. The Morgan fingerprint density at radius 2 is 1.80 bits per heavy atom. The fourth-order valence-corrected chi connectivity index (χ4v) is 1.35. The van der Waals surface area contributed by atoms with Gasteiger partial charge in [-0.25, -0.2) is 0 Å². The van der Waals surface area contributed by atoms with Crippen molar-refractivity contribution >= 4 is 12.6 Å². The lowest BCUT2D eigenvalue weighted by Crippen LogP contribution is -2.02. The Bertz CT molecular complexity index is 196. The maximum absolute atomic E-state index is 4.18. The zero-order valence-electron chi connectivity index (χ0n) is 6.46. The fourth-order valence-electron chi connectivity index (χ4n) is 1.15. The molecule has 2 heteroatoms. The molecule has 0 radical (unpaired) electrons. The Kier molecular flexibility index (Phi) is 2.44. The van der Waals surface area contributed by atoms with Crippen LogP contribution in [0.25, 0.3) is 0 Å². The maximum atomic E-state index is 4.18. The highest BCUT2D eigenvalue weighted by molar-refractivity contribution is 7.80. The number of nitrogens with zero attached hydrogens (tertiary/aromatic N) is 1. The van der Waals surface area contributed by atoms with Crippen molar-refractivity contribution < 1.29 is 0 Å². The van der Waals surface area contributed by atoms with Gasteiger partial charge in [0.25, 0.3) is 0 Å². The summed E-state index contributed by atoms with van der Waals surface area (Å²) in [5.41, 5.74) is 2.65. The molecule has 0 amide bonds. The van der Waals surface area contributed by atoms with Crippen LogP contribution in [0.1, 0.15) is 11.4 Å². The van der Waals surface area contributed by atoms with Crippen LogP contribution in [0.3, 0.4) is 0 Å². The molecule has 1 heterocycles. The Morgan fingerprint density at radius 1 is 1.30 bits per heavy atom. The van der Waals surface area contributed by atoms with Crippen molar-refractivity contribution in [2.75, 3.05) is 5.75 Å². The van der Waals surface area contributed by atoms with E-state index in [0.717, 1.165) is 12.3 Å². The van der Waals surface area contributed by atoms with E-state index in [1.54, 1.807) is 0 Å². The normalized spacial score (nSPS) is 10.3. The van der Waals surface area contributed by atoms with Crippen molar-refractivity contribution in [3.63, 3.8) is 0 Å². The largest absolute Gasteiger partial charge is 0.348 e. The molecule has 0 aromatic carbocycles. The lowest BCUT2D eigenvalue weighted by atomic mass is 10.5. The molecule has 0 saturated heterocycles. The molecule has 0 N–H and O–H groups in total. The fraction of sp³-hybridized carbons (Fsp3) is 0.500. The molecular weight excluding hydrogens is 142 g/mol. The van der Waals surface area contributed by atoms with Crippen LogP contribution in [0.5, 0.6) is 0 Å². The molecule has 0 atom stereocenters. The second kappa shape index (κ2) is 3.15. The molecule has 1 aromatic heterocycles. The van der Waals surface area contributed by atoms with Crippen molar-refractivity contribution in [3.8, 4) is 0 Å². The van der Waals surface area contributed by atoms with Gasteiger partial charge in [0.15, 0.2) is 0 Å². The average Bonchev–Trinajstić information content (AvgIpc) is 2.20. The molecule has 0 spiro atoms. The van der Waals surface area contributed by atoms with E-state index >= 15 is 0 Å². The minimum Gasteiger partial charge on any atom is -0.348 e. The first-order valence-electron chi connectivity index (χ1n) is 3.49. The number of aromatic nitrogens is 1. The second-order valence-electron chi connectivity index (χ2n) is 2.49. The molecule has 1 nitrogen and oxygen atoms in total. The summed E-state index contributed by atoms with van der Waals surface area (Å²) in [7, 11) is 0. The van der Waals surface area contributed by atoms with Gasteiger partial charge in [0.05, 0.1) is 0 Å². The van der Waals surface area contributed by atoms with Crippen LogP contribution in [0.4, 0.5) is 0 Å². The van der Waals surface area contributed by atoms with Gasteiger partial charge >= 0.3 is 0 Å². The molecule has 0 saturated carbocycles. The van der Waals surface area contributed by atoms with Crippen LogP contribution in [-0.4, -0.2) is 10.3 Å². The molecule has 0 aliphatic heterocycles. The molecule has 1 aromatic rings. The van der Waals surface area contributed by atoms with Crippen molar-refractivity contribution in [3.05, 3.63) is 23.5 Å². The van der Waals surface area contributed by atoms with Gasteiger partial charge in [0.1, 0.15) is 0 Å². The van der Waals surface area contributed by atoms with E-state index < -0.39 is 0 Å². The van der Waals surface area contributed by atoms with Gasteiger partial charge in [0, 0.05) is 23.7 Å². The summed E-state index contributed by atoms with van der Waals surface area (Å²) in [6.45, 7) is 5.26. The SMILES string of the molecule is Cc1ccc(C)n1CCS. The monoisotopic (exact) mass is 155 g/mol. The van der Waals surface area contributed by atoms with Crippen molar-refractivity contribution in [2.45, 2.75) is 20.4 Å². The molecule has 10 heavy (non-hydrogen) atoms. The first kappa shape index (κ1) is 7.73. The Morgan fingerprint density at radius 3 is 2.20 bits per heavy atom. The van der Waals surface area contributed by atoms with Gasteiger partial charge in [-0.2, -0.15) is 12.6 Å². The van der Waals surface area contributed by atoms with Crippen molar-refractivity contribution in [1.82, 2.24) is 4.57 Å². The lowest BCUT2D eigenvalue weighted by Gasteiger charge is -2.05. The van der Waals surface area contributed by atoms with Crippen LogP contribution in [-0.2, 0) is 6.54 Å². The maximum Gasteiger partial charge on any atom is 0.0313 e. The summed E-state index contributed by atoms with van der Waals surface area (Å²) < 4.78 is 2.27. The number of rotatable bonds is 2. The standard InChI is InChI=1S/C8H13NS/c1-7-3-4-8(2)9(7)5-6-10/h3-4,10H,5-6H2,1-2H3. The Labute approximate surface area is 67.5 Å². The number of thiol groups is 1. The highest BCUT2D eigenvalue weighted by Gasteiger charge is 1.97. The quantitative estimate of drug-likeness (QED) is 0.624.